The number of nitrogens with zero attached hydrogens (tertiary/aromatic N) is 1. The van der Waals surface area contributed by atoms with Crippen molar-refractivity contribution >= 4 is 5.91 Å². The molecule has 0 aliphatic carbocycles. The van der Waals surface area contributed by atoms with Gasteiger partial charge in [0, 0.05) is 0 Å². The maximum atomic E-state index is 12.8. The minimum Gasteiger partial charge on any atom is -0.320 e. The monoisotopic (exact) mass is 242 g/mol. The third-order valence-corrected chi connectivity index (χ3v) is 2.60. The Bertz CT molecular complexity index is 272. The zero-order chi connectivity index (χ0) is 12.5. The van der Waals surface area contributed by atoms with Crippen LogP contribution in [0.2, 0.25) is 0 Å². The van der Waals surface area contributed by atoms with Crippen molar-refractivity contribution in [3.8, 4) is 0 Å². The Morgan fingerprint density at radius 2 is 2.06 bits per heavy atom. The minimum absolute atomic E-state index is 0.444. The first-order chi connectivity index (χ1) is 7.29. The van der Waals surface area contributed by atoms with Crippen molar-refractivity contribution in [2.75, 3.05) is 6.54 Å². The molecule has 0 aromatic heterocycles. The van der Waals surface area contributed by atoms with E-state index in [4.69, 9.17) is 0 Å². The van der Waals surface area contributed by atoms with Gasteiger partial charge in [-0.05, 0) is 13.3 Å². The predicted molar refractivity (Wildman–Crippen MR) is 49.3 cm³/mol. The third kappa shape index (κ3) is 2.45. The van der Waals surface area contributed by atoms with Gasteiger partial charge in [-0.1, -0.05) is 6.92 Å². The van der Waals surface area contributed by atoms with E-state index >= 15 is 0 Å². The summed E-state index contributed by atoms with van der Waals surface area (Å²) in [6.45, 7) is 1.97. The van der Waals surface area contributed by atoms with Crippen LogP contribution in [-0.4, -0.2) is 41.9 Å². The summed E-state index contributed by atoms with van der Waals surface area (Å²) in [5.74, 6) is -4.70. The van der Waals surface area contributed by atoms with Crippen LogP contribution < -0.4 is 5.32 Å². The molecular formula is C9H14F4N2O. The van der Waals surface area contributed by atoms with Crippen LogP contribution >= 0.6 is 0 Å². The number of nitrogens with one attached hydrogen (secondary N) is 1. The average molecular weight is 242 g/mol. The highest BCUT2D eigenvalue weighted by atomic mass is 19.3. The van der Waals surface area contributed by atoms with Gasteiger partial charge in [-0.3, -0.25) is 10.1 Å². The van der Waals surface area contributed by atoms with Gasteiger partial charge < -0.3 is 4.90 Å². The van der Waals surface area contributed by atoms with Crippen molar-refractivity contribution in [1.29, 1.82) is 0 Å². The van der Waals surface area contributed by atoms with Gasteiger partial charge in [-0.2, -0.15) is 8.78 Å². The van der Waals surface area contributed by atoms with Crippen molar-refractivity contribution < 1.29 is 22.4 Å². The Morgan fingerprint density at radius 1 is 1.50 bits per heavy atom. The lowest BCUT2D eigenvalue weighted by atomic mass is 10.2. The van der Waals surface area contributed by atoms with E-state index in [9.17, 15) is 22.4 Å². The average Bonchev–Trinajstić information content (AvgIpc) is 2.44. The number of carbonyl (C=O) groups excluding carboxylic acids is 1. The molecule has 0 spiro atoms. The highest BCUT2D eigenvalue weighted by Crippen LogP contribution is 2.26. The molecule has 0 radical (unpaired) electrons. The normalized spacial score (nSPS) is 26.9. The van der Waals surface area contributed by atoms with E-state index in [0.717, 1.165) is 4.90 Å². The minimum atomic E-state index is -4.16. The lowest BCUT2D eigenvalue weighted by Crippen LogP contribution is -2.46. The molecule has 3 nitrogen and oxygen atoms in total. The van der Waals surface area contributed by atoms with E-state index in [-0.39, 0.29) is 0 Å². The van der Waals surface area contributed by atoms with Gasteiger partial charge in [-0.25, -0.2) is 8.78 Å². The summed E-state index contributed by atoms with van der Waals surface area (Å²) in [6, 6.07) is -0.552. The van der Waals surface area contributed by atoms with Crippen LogP contribution in [0.4, 0.5) is 17.6 Å². The summed E-state index contributed by atoms with van der Waals surface area (Å²) in [7, 11) is 0. The smallest absolute Gasteiger partial charge is 0.320 e. The van der Waals surface area contributed by atoms with Gasteiger partial charge in [-0.15, -0.1) is 0 Å². The molecule has 1 rings (SSSR count). The van der Waals surface area contributed by atoms with E-state index in [1.165, 1.54) is 6.92 Å². The molecule has 7 heteroatoms. The maximum absolute atomic E-state index is 12.8. The van der Waals surface area contributed by atoms with Crippen LogP contribution in [-0.2, 0) is 4.79 Å². The number of carbonyl (C=O) groups is 1. The van der Waals surface area contributed by atoms with Gasteiger partial charge in [0.05, 0.1) is 18.8 Å². The van der Waals surface area contributed by atoms with Crippen molar-refractivity contribution in [2.45, 2.75) is 44.8 Å². The van der Waals surface area contributed by atoms with Gasteiger partial charge in [0.2, 0.25) is 5.91 Å². The molecule has 0 saturated carbocycles. The molecular weight excluding hydrogens is 228 g/mol. The molecule has 1 heterocycles. The molecule has 1 aliphatic heterocycles. The number of rotatable bonds is 4. The Hall–Kier alpha value is -0.850. The molecule has 0 bridgehead atoms. The van der Waals surface area contributed by atoms with Crippen molar-refractivity contribution in [3.05, 3.63) is 0 Å². The van der Waals surface area contributed by atoms with Crippen LogP contribution in [0.15, 0.2) is 0 Å². The zero-order valence-electron chi connectivity index (χ0n) is 9.01. The molecule has 0 aromatic carbocycles. The quantitative estimate of drug-likeness (QED) is 0.757. The molecule has 1 amide bonds. The SMILES string of the molecule is CCC1NC(C)N(CC(F)(F)C(F)F)C1=O. The Morgan fingerprint density at radius 3 is 2.44 bits per heavy atom. The standard InChI is InChI=1S/C9H14F4N2O/c1-3-6-7(16)15(5(2)14-6)4-9(12,13)8(10)11/h5-6,8,14H,3-4H2,1-2H3. The van der Waals surface area contributed by atoms with Crippen LogP contribution in [0.25, 0.3) is 0 Å². The summed E-state index contributed by atoms with van der Waals surface area (Å²) in [5.41, 5.74) is 0. The van der Waals surface area contributed by atoms with Gasteiger partial charge in [0.25, 0.3) is 0 Å². The summed E-state index contributed by atoms with van der Waals surface area (Å²) in [4.78, 5) is 12.3. The first-order valence-corrected chi connectivity index (χ1v) is 5.02. The number of hydrogen-bond acceptors (Lipinski definition) is 2. The largest absolute Gasteiger partial charge is 0.324 e. The van der Waals surface area contributed by atoms with Crippen molar-refractivity contribution in [1.82, 2.24) is 10.2 Å². The van der Waals surface area contributed by atoms with Gasteiger partial charge in [0.15, 0.2) is 0 Å². The van der Waals surface area contributed by atoms with E-state index < -0.39 is 37.0 Å². The van der Waals surface area contributed by atoms with E-state index in [2.05, 4.69) is 5.32 Å². The first kappa shape index (κ1) is 13.2. The molecule has 0 aromatic rings. The molecule has 1 saturated heterocycles. The second-order valence-electron chi connectivity index (χ2n) is 3.83. The first-order valence-electron chi connectivity index (χ1n) is 5.02. The Kier molecular flexibility index (Phi) is 3.77. The number of hydrogen-bond donors (Lipinski definition) is 1. The third-order valence-electron chi connectivity index (χ3n) is 2.60. The fraction of sp³-hybridized carbons (Fsp3) is 0.889. The molecule has 1 fully saturated rings. The van der Waals surface area contributed by atoms with Crippen LogP contribution in [0.3, 0.4) is 0 Å². The molecule has 2 unspecified atom stereocenters. The molecule has 16 heavy (non-hydrogen) atoms. The summed E-state index contributed by atoms with van der Waals surface area (Å²) in [6.07, 6.45) is -3.95. The topological polar surface area (TPSA) is 32.3 Å². The Balaban J connectivity index is 2.71. The highest BCUT2D eigenvalue weighted by Gasteiger charge is 2.47. The van der Waals surface area contributed by atoms with E-state index in [0.29, 0.717) is 6.42 Å². The molecule has 2 atom stereocenters. The predicted octanol–water partition coefficient (Wildman–Crippen LogP) is 1.44. The zero-order valence-corrected chi connectivity index (χ0v) is 9.01. The Labute approximate surface area is 90.8 Å². The van der Waals surface area contributed by atoms with E-state index in [1.54, 1.807) is 6.92 Å². The highest BCUT2D eigenvalue weighted by molar-refractivity contribution is 5.84. The van der Waals surface area contributed by atoms with Crippen molar-refractivity contribution in [3.63, 3.8) is 0 Å². The van der Waals surface area contributed by atoms with Crippen LogP contribution in [0.5, 0.6) is 0 Å². The summed E-state index contributed by atoms with van der Waals surface area (Å²) in [5, 5.41) is 2.76. The number of amides is 1. The number of alkyl halides is 4. The summed E-state index contributed by atoms with van der Waals surface area (Å²) < 4.78 is 49.6. The maximum Gasteiger partial charge on any atom is 0.324 e. The van der Waals surface area contributed by atoms with Gasteiger partial charge in [0.1, 0.15) is 0 Å². The van der Waals surface area contributed by atoms with Crippen LogP contribution in [0.1, 0.15) is 20.3 Å². The van der Waals surface area contributed by atoms with Crippen molar-refractivity contribution in [2.24, 2.45) is 0 Å². The lowest BCUT2D eigenvalue weighted by molar-refractivity contribution is -0.156. The number of halogens is 4. The van der Waals surface area contributed by atoms with Gasteiger partial charge >= 0.3 is 12.3 Å². The fourth-order valence-electron chi connectivity index (χ4n) is 1.65. The van der Waals surface area contributed by atoms with Crippen LogP contribution in [0, 0.1) is 0 Å². The fourth-order valence-corrected chi connectivity index (χ4v) is 1.65. The van der Waals surface area contributed by atoms with E-state index in [1.807, 2.05) is 0 Å². The molecule has 1 N–H and O–H groups in total. The second-order valence-corrected chi connectivity index (χ2v) is 3.83. The summed E-state index contributed by atoms with van der Waals surface area (Å²) >= 11 is 0. The second kappa shape index (κ2) is 4.57. The lowest BCUT2D eigenvalue weighted by Gasteiger charge is -2.25. The molecule has 94 valence electrons. The molecule has 1 aliphatic rings.